The van der Waals surface area contributed by atoms with Gasteiger partial charge in [0.15, 0.2) is 0 Å². The summed E-state index contributed by atoms with van der Waals surface area (Å²) in [6, 6.07) is 11.9. The fourth-order valence-corrected chi connectivity index (χ4v) is 1.99. The second kappa shape index (κ2) is 5.20. The second-order valence-electron chi connectivity index (χ2n) is 4.09. The van der Waals surface area contributed by atoms with Gasteiger partial charge in [-0.05, 0) is 29.8 Å². The van der Waals surface area contributed by atoms with Gasteiger partial charge in [-0.15, -0.1) is 0 Å². The molecule has 2 heterocycles. The normalized spacial score (nSPS) is 10.6. The average molecular weight is 271 g/mol. The first-order valence-electron chi connectivity index (χ1n) is 5.87. The molecule has 0 fully saturated rings. The van der Waals surface area contributed by atoms with Gasteiger partial charge in [-0.3, -0.25) is 4.98 Å². The van der Waals surface area contributed by atoms with Crippen LogP contribution in [0.25, 0.3) is 10.9 Å². The SMILES string of the molecule is Clc1nccc(CNc2cnc3ccccc3c2)n1. The van der Waals surface area contributed by atoms with Gasteiger partial charge in [0, 0.05) is 11.6 Å². The van der Waals surface area contributed by atoms with Crippen molar-refractivity contribution in [3.05, 3.63) is 59.8 Å². The Balaban J connectivity index is 1.78. The molecule has 94 valence electrons. The van der Waals surface area contributed by atoms with Crippen LogP contribution in [0.3, 0.4) is 0 Å². The fourth-order valence-electron chi connectivity index (χ4n) is 1.83. The highest BCUT2D eigenvalue weighted by molar-refractivity contribution is 6.28. The summed E-state index contributed by atoms with van der Waals surface area (Å²) in [6.45, 7) is 0.586. The summed E-state index contributed by atoms with van der Waals surface area (Å²) in [6.07, 6.45) is 3.45. The molecule has 0 aliphatic heterocycles. The van der Waals surface area contributed by atoms with Crippen molar-refractivity contribution in [3.63, 3.8) is 0 Å². The van der Waals surface area contributed by atoms with E-state index in [0.29, 0.717) is 6.54 Å². The third-order valence-corrected chi connectivity index (χ3v) is 2.93. The van der Waals surface area contributed by atoms with Gasteiger partial charge >= 0.3 is 0 Å². The maximum atomic E-state index is 5.74. The number of fused-ring (bicyclic) bond motifs is 1. The highest BCUT2D eigenvalue weighted by atomic mass is 35.5. The highest BCUT2D eigenvalue weighted by Crippen LogP contribution is 2.16. The molecule has 0 aliphatic rings. The van der Waals surface area contributed by atoms with Crippen LogP contribution < -0.4 is 5.32 Å². The lowest BCUT2D eigenvalue weighted by Gasteiger charge is -2.06. The molecule has 0 amide bonds. The minimum atomic E-state index is 0.260. The number of nitrogens with zero attached hydrogens (tertiary/aromatic N) is 3. The number of hydrogen-bond acceptors (Lipinski definition) is 4. The molecule has 0 saturated carbocycles. The molecule has 0 radical (unpaired) electrons. The predicted octanol–water partition coefficient (Wildman–Crippen LogP) is 3.29. The standard InChI is InChI=1S/C14H11ClN4/c15-14-16-6-5-11(19-14)8-17-12-7-10-3-1-2-4-13(10)18-9-12/h1-7,9,17H,8H2. The summed E-state index contributed by atoms with van der Waals surface area (Å²) in [5.41, 5.74) is 2.78. The summed E-state index contributed by atoms with van der Waals surface area (Å²) < 4.78 is 0. The van der Waals surface area contributed by atoms with Crippen LogP contribution in [0.2, 0.25) is 5.28 Å². The molecular weight excluding hydrogens is 260 g/mol. The van der Waals surface area contributed by atoms with E-state index in [-0.39, 0.29) is 5.28 Å². The van der Waals surface area contributed by atoms with E-state index in [2.05, 4.69) is 26.3 Å². The first kappa shape index (κ1) is 11.9. The van der Waals surface area contributed by atoms with Gasteiger partial charge in [-0.1, -0.05) is 18.2 Å². The Morgan fingerprint density at radius 1 is 1.11 bits per heavy atom. The minimum Gasteiger partial charge on any atom is -0.378 e. The van der Waals surface area contributed by atoms with E-state index in [0.717, 1.165) is 22.3 Å². The topological polar surface area (TPSA) is 50.7 Å². The van der Waals surface area contributed by atoms with Crippen LogP contribution in [0, 0.1) is 0 Å². The Morgan fingerprint density at radius 2 is 2.00 bits per heavy atom. The van der Waals surface area contributed by atoms with E-state index in [1.807, 2.05) is 36.5 Å². The summed E-state index contributed by atoms with van der Waals surface area (Å²) in [4.78, 5) is 12.4. The number of pyridine rings is 1. The molecule has 3 aromatic rings. The number of aromatic nitrogens is 3. The molecule has 0 atom stereocenters. The van der Waals surface area contributed by atoms with E-state index in [1.165, 1.54) is 0 Å². The smallest absolute Gasteiger partial charge is 0.222 e. The van der Waals surface area contributed by atoms with E-state index < -0.39 is 0 Å². The molecule has 0 bridgehead atoms. The maximum Gasteiger partial charge on any atom is 0.222 e. The summed E-state index contributed by atoms with van der Waals surface area (Å²) in [5, 5.41) is 4.63. The zero-order valence-corrected chi connectivity index (χ0v) is 10.8. The van der Waals surface area contributed by atoms with Gasteiger partial charge in [0.2, 0.25) is 5.28 Å². The van der Waals surface area contributed by atoms with Crippen molar-refractivity contribution >= 4 is 28.2 Å². The molecule has 0 unspecified atom stereocenters. The molecule has 4 nitrogen and oxygen atoms in total. The van der Waals surface area contributed by atoms with Gasteiger partial charge in [-0.25, -0.2) is 9.97 Å². The number of nitrogens with one attached hydrogen (secondary N) is 1. The Labute approximate surface area is 115 Å². The third-order valence-electron chi connectivity index (χ3n) is 2.75. The lowest BCUT2D eigenvalue weighted by Crippen LogP contribution is -2.02. The van der Waals surface area contributed by atoms with Gasteiger partial charge in [0.25, 0.3) is 0 Å². The largest absolute Gasteiger partial charge is 0.378 e. The lowest BCUT2D eigenvalue weighted by molar-refractivity contribution is 1.01. The molecular formula is C14H11ClN4. The third kappa shape index (κ3) is 2.80. The minimum absolute atomic E-state index is 0.260. The van der Waals surface area contributed by atoms with Crippen LogP contribution in [0.15, 0.2) is 48.8 Å². The number of rotatable bonds is 3. The molecule has 19 heavy (non-hydrogen) atoms. The van der Waals surface area contributed by atoms with Crippen molar-refractivity contribution < 1.29 is 0 Å². The Hall–Kier alpha value is -2.20. The van der Waals surface area contributed by atoms with Crippen LogP contribution in [-0.2, 0) is 6.54 Å². The summed E-state index contributed by atoms with van der Waals surface area (Å²) in [5.74, 6) is 0. The summed E-state index contributed by atoms with van der Waals surface area (Å²) in [7, 11) is 0. The fraction of sp³-hybridized carbons (Fsp3) is 0.0714. The van der Waals surface area contributed by atoms with Crippen molar-refractivity contribution in [1.82, 2.24) is 15.0 Å². The zero-order valence-electron chi connectivity index (χ0n) is 10.0. The van der Waals surface area contributed by atoms with E-state index in [9.17, 15) is 0 Å². The Kier molecular flexibility index (Phi) is 3.25. The second-order valence-corrected chi connectivity index (χ2v) is 4.43. The lowest BCUT2D eigenvalue weighted by atomic mass is 10.2. The number of para-hydroxylation sites is 1. The Morgan fingerprint density at radius 3 is 2.89 bits per heavy atom. The number of anilines is 1. The van der Waals surface area contributed by atoms with Crippen LogP contribution in [0.4, 0.5) is 5.69 Å². The molecule has 3 rings (SSSR count). The van der Waals surface area contributed by atoms with E-state index >= 15 is 0 Å². The van der Waals surface area contributed by atoms with Gasteiger partial charge in [0.1, 0.15) is 0 Å². The van der Waals surface area contributed by atoms with Crippen LogP contribution >= 0.6 is 11.6 Å². The van der Waals surface area contributed by atoms with Crippen LogP contribution in [0.1, 0.15) is 5.69 Å². The number of hydrogen-bond donors (Lipinski definition) is 1. The van der Waals surface area contributed by atoms with Gasteiger partial charge in [0.05, 0.1) is 29.6 Å². The van der Waals surface area contributed by atoms with Gasteiger partial charge in [-0.2, -0.15) is 0 Å². The average Bonchev–Trinajstić information content (AvgIpc) is 2.45. The molecule has 0 saturated heterocycles. The molecule has 2 aromatic heterocycles. The van der Waals surface area contributed by atoms with E-state index in [1.54, 1.807) is 6.20 Å². The molecule has 0 spiro atoms. The highest BCUT2D eigenvalue weighted by Gasteiger charge is 1.99. The summed E-state index contributed by atoms with van der Waals surface area (Å²) >= 11 is 5.74. The Bertz CT molecular complexity index is 714. The van der Waals surface area contributed by atoms with Crippen molar-refractivity contribution in [1.29, 1.82) is 0 Å². The van der Waals surface area contributed by atoms with Crippen molar-refractivity contribution in [2.75, 3.05) is 5.32 Å². The molecule has 0 aliphatic carbocycles. The van der Waals surface area contributed by atoms with Crippen molar-refractivity contribution in [2.45, 2.75) is 6.54 Å². The first-order chi connectivity index (χ1) is 9.31. The molecule has 1 N–H and O–H groups in total. The molecule has 1 aromatic carbocycles. The molecule has 5 heteroatoms. The first-order valence-corrected chi connectivity index (χ1v) is 6.25. The maximum absolute atomic E-state index is 5.74. The van der Waals surface area contributed by atoms with Crippen molar-refractivity contribution in [2.24, 2.45) is 0 Å². The number of benzene rings is 1. The van der Waals surface area contributed by atoms with Crippen LogP contribution in [0.5, 0.6) is 0 Å². The zero-order chi connectivity index (χ0) is 13.1. The quantitative estimate of drug-likeness (QED) is 0.742. The predicted molar refractivity (Wildman–Crippen MR) is 76.1 cm³/mol. The van der Waals surface area contributed by atoms with Crippen molar-refractivity contribution in [3.8, 4) is 0 Å². The van der Waals surface area contributed by atoms with Crippen LogP contribution in [-0.4, -0.2) is 15.0 Å². The van der Waals surface area contributed by atoms with E-state index in [4.69, 9.17) is 11.6 Å². The monoisotopic (exact) mass is 270 g/mol. The van der Waals surface area contributed by atoms with Gasteiger partial charge < -0.3 is 5.32 Å². The number of halogens is 1.